The van der Waals surface area contributed by atoms with Crippen molar-refractivity contribution < 1.29 is 21.8 Å². The van der Waals surface area contributed by atoms with Gasteiger partial charge in [-0.1, -0.05) is 0 Å². The molecule has 1 fully saturated rings. The summed E-state index contributed by atoms with van der Waals surface area (Å²) in [6.07, 6.45) is 0.896. The van der Waals surface area contributed by atoms with E-state index in [0.29, 0.717) is 24.3 Å². The van der Waals surface area contributed by atoms with E-state index in [-0.39, 0.29) is 12.1 Å². The van der Waals surface area contributed by atoms with E-state index in [2.05, 4.69) is 5.32 Å². The van der Waals surface area contributed by atoms with Gasteiger partial charge >= 0.3 is 0 Å². The molecule has 0 radical (unpaired) electrons. The lowest BCUT2D eigenvalue weighted by molar-refractivity contribution is 0.455. The number of hydrogen-bond donors (Lipinski definition) is 1. The van der Waals surface area contributed by atoms with Crippen LogP contribution < -0.4 is 5.32 Å². The SMILES string of the molecule is O=S1CCC(Nc2c(F)c(F)cc(F)c2F)CC1. The fraction of sp³-hybridized carbons (Fsp3) is 0.455. The van der Waals surface area contributed by atoms with Crippen molar-refractivity contribution in [2.24, 2.45) is 0 Å². The van der Waals surface area contributed by atoms with Crippen LogP contribution in [0.4, 0.5) is 23.2 Å². The third kappa shape index (κ3) is 2.66. The van der Waals surface area contributed by atoms with Gasteiger partial charge in [-0.2, -0.15) is 0 Å². The van der Waals surface area contributed by atoms with Crippen molar-refractivity contribution in [2.75, 3.05) is 16.8 Å². The highest BCUT2D eigenvalue weighted by molar-refractivity contribution is 7.85. The lowest BCUT2D eigenvalue weighted by atomic mass is 10.1. The second-order valence-corrected chi connectivity index (χ2v) is 5.81. The van der Waals surface area contributed by atoms with Gasteiger partial charge < -0.3 is 5.32 Å². The standard InChI is InChI=1S/C11H11F4NOS/c12-7-5-8(13)10(15)11(9(7)14)16-6-1-3-18(17)4-2-6/h5-6,16H,1-4H2. The smallest absolute Gasteiger partial charge is 0.185 e. The molecule has 1 aromatic rings. The van der Waals surface area contributed by atoms with Gasteiger partial charge in [0.05, 0.1) is 0 Å². The van der Waals surface area contributed by atoms with Crippen molar-refractivity contribution in [3.05, 3.63) is 29.3 Å². The third-order valence-electron chi connectivity index (χ3n) is 2.85. The van der Waals surface area contributed by atoms with Gasteiger partial charge in [-0.25, -0.2) is 17.6 Å². The molecule has 2 rings (SSSR count). The highest BCUT2D eigenvalue weighted by Crippen LogP contribution is 2.26. The van der Waals surface area contributed by atoms with Crippen LogP contribution in [-0.2, 0) is 10.8 Å². The quantitative estimate of drug-likeness (QED) is 0.667. The predicted molar refractivity (Wildman–Crippen MR) is 60.8 cm³/mol. The van der Waals surface area contributed by atoms with E-state index in [1.165, 1.54) is 0 Å². The molecule has 2 nitrogen and oxygen atoms in total. The van der Waals surface area contributed by atoms with Crippen LogP contribution in [0.3, 0.4) is 0 Å². The first kappa shape index (κ1) is 13.3. The van der Waals surface area contributed by atoms with Crippen molar-refractivity contribution in [3.63, 3.8) is 0 Å². The minimum atomic E-state index is -1.43. The Hall–Kier alpha value is -1.11. The molecule has 18 heavy (non-hydrogen) atoms. The van der Waals surface area contributed by atoms with Crippen LogP contribution in [0.2, 0.25) is 0 Å². The summed E-state index contributed by atoms with van der Waals surface area (Å²) in [5.74, 6) is -4.90. The van der Waals surface area contributed by atoms with E-state index in [1.807, 2.05) is 0 Å². The average molecular weight is 281 g/mol. The fourth-order valence-electron chi connectivity index (χ4n) is 1.84. The van der Waals surface area contributed by atoms with Crippen LogP contribution in [0.15, 0.2) is 6.07 Å². The molecule has 1 aromatic carbocycles. The summed E-state index contributed by atoms with van der Waals surface area (Å²) in [6.45, 7) is 0. The second kappa shape index (κ2) is 5.26. The van der Waals surface area contributed by atoms with Crippen LogP contribution in [0.1, 0.15) is 12.8 Å². The molecule has 0 spiro atoms. The minimum absolute atomic E-state index is 0.172. The Morgan fingerprint density at radius 1 is 1.06 bits per heavy atom. The summed E-state index contributed by atoms with van der Waals surface area (Å²) in [7, 11) is -0.914. The molecular formula is C11H11F4NOS. The zero-order valence-electron chi connectivity index (χ0n) is 9.31. The van der Waals surface area contributed by atoms with Crippen molar-refractivity contribution >= 4 is 16.5 Å². The van der Waals surface area contributed by atoms with Crippen molar-refractivity contribution in [1.82, 2.24) is 0 Å². The molecule has 1 heterocycles. The zero-order valence-corrected chi connectivity index (χ0v) is 10.1. The summed E-state index contributed by atoms with van der Waals surface area (Å²) < 4.78 is 63.8. The molecule has 0 saturated carbocycles. The molecule has 0 aromatic heterocycles. The first-order valence-electron chi connectivity index (χ1n) is 5.43. The van der Waals surface area contributed by atoms with Crippen molar-refractivity contribution in [3.8, 4) is 0 Å². The van der Waals surface area contributed by atoms with Crippen molar-refractivity contribution in [1.29, 1.82) is 0 Å². The van der Waals surface area contributed by atoms with E-state index in [9.17, 15) is 21.8 Å². The minimum Gasteiger partial charge on any atom is -0.377 e. The summed E-state index contributed by atoms with van der Waals surface area (Å²) in [5.41, 5.74) is -0.787. The number of anilines is 1. The fourth-order valence-corrected chi connectivity index (χ4v) is 3.14. The Kier molecular flexibility index (Phi) is 3.89. The van der Waals surface area contributed by atoms with Gasteiger partial charge in [-0.15, -0.1) is 0 Å². The molecule has 1 saturated heterocycles. The zero-order chi connectivity index (χ0) is 13.3. The Bertz CT molecular complexity index is 458. The molecule has 0 atom stereocenters. The van der Waals surface area contributed by atoms with Crippen LogP contribution in [0, 0.1) is 23.3 Å². The summed E-state index contributed by atoms with van der Waals surface area (Å²) in [4.78, 5) is 0. The molecule has 1 aliphatic rings. The van der Waals surface area contributed by atoms with Crippen LogP contribution in [0.5, 0.6) is 0 Å². The largest absolute Gasteiger partial charge is 0.377 e. The molecule has 1 aliphatic heterocycles. The van der Waals surface area contributed by atoms with Gasteiger partial charge in [0.25, 0.3) is 0 Å². The molecule has 0 aliphatic carbocycles. The van der Waals surface area contributed by atoms with E-state index in [4.69, 9.17) is 0 Å². The van der Waals surface area contributed by atoms with E-state index < -0.39 is 39.8 Å². The highest BCUT2D eigenvalue weighted by Gasteiger charge is 2.24. The molecule has 100 valence electrons. The number of benzene rings is 1. The molecule has 0 unspecified atom stereocenters. The Balaban J connectivity index is 2.21. The third-order valence-corrected chi connectivity index (χ3v) is 4.23. The molecule has 1 N–H and O–H groups in total. The van der Waals surface area contributed by atoms with Crippen LogP contribution in [0.25, 0.3) is 0 Å². The maximum atomic E-state index is 13.4. The topological polar surface area (TPSA) is 29.1 Å². The van der Waals surface area contributed by atoms with Crippen LogP contribution in [-0.4, -0.2) is 21.8 Å². The molecule has 0 amide bonds. The molecule has 7 heteroatoms. The lowest BCUT2D eigenvalue weighted by Crippen LogP contribution is -2.30. The van der Waals surface area contributed by atoms with Gasteiger partial charge in [0.2, 0.25) is 0 Å². The number of rotatable bonds is 2. The van der Waals surface area contributed by atoms with Gasteiger partial charge in [0, 0.05) is 34.4 Å². The van der Waals surface area contributed by atoms with Crippen LogP contribution >= 0.6 is 0 Å². The van der Waals surface area contributed by atoms with Gasteiger partial charge in [-0.3, -0.25) is 4.21 Å². The van der Waals surface area contributed by atoms with Crippen molar-refractivity contribution in [2.45, 2.75) is 18.9 Å². The first-order chi connectivity index (χ1) is 8.49. The van der Waals surface area contributed by atoms with Gasteiger partial charge in [0.1, 0.15) is 5.69 Å². The summed E-state index contributed by atoms with van der Waals surface area (Å²) >= 11 is 0. The van der Waals surface area contributed by atoms with E-state index >= 15 is 0 Å². The second-order valence-electron chi connectivity index (χ2n) is 4.11. The predicted octanol–water partition coefficient (Wildman–Crippen LogP) is 2.57. The van der Waals surface area contributed by atoms with Gasteiger partial charge in [-0.05, 0) is 12.8 Å². The number of nitrogens with one attached hydrogen (secondary N) is 1. The molecule has 0 bridgehead atoms. The first-order valence-corrected chi connectivity index (χ1v) is 6.92. The van der Waals surface area contributed by atoms with E-state index in [1.54, 1.807) is 0 Å². The highest BCUT2D eigenvalue weighted by atomic mass is 32.2. The lowest BCUT2D eigenvalue weighted by Gasteiger charge is -2.24. The Morgan fingerprint density at radius 3 is 2.06 bits per heavy atom. The summed E-state index contributed by atoms with van der Waals surface area (Å²) in [6, 6.07) is -0.154. The molecular weight excluding hydrogens is 270 g/mol. The monoisotopic (exact) mass is 281 g/mol. The Morgan fingerprint density at radius 2 is 1.56 bits per heavy atom. The Labute approximate surface area is 104 Å². The maximum Gasteiger partial charge on any atom is 0.185 e. The normalized spacial score (nSPS) is 24.0. The number of halogens is 4. The van der Waals surface area contributed by atoms with Gasteiger partial charge in [0.15, 0.2) is 23.3 Å². The number of hydrogen-bond acceptors (Lipinski definition) is 2. The average Bonchev–Trinajstić information content (AvgIpc) is 2.34. The maximum absolute atomic E-state index is 13.4. The summed E-state index contributed by atoms with van der Waals surface area (Å²) in [5, 5.41) is 2.46. The van der Waals surface area contributed by atoms with E-state index in [0.717, 1.165) is 0 Å².